The fourth-order valence-electron chi connectivity index (χ4n) is 2.42. The van der Waals surface area contributed by atoms with Crippen LogP contribution in [0.1, 0.15) is 32.3 Å². The summed E-state index contributed by atoms with van der Waals surface area (Å²) >= 11 is 0.936. The normalized spacial score (nSPS) is 17.4. The summed E-state index contributed by atoms with van der Waals surface area (Å²) in [7, 11) is 0. The van der Waals surface area contributed by atoms with Crippen molar-refractivity contribution in [2.45, 2.75) is 26.7 Å². The lowest BCUT2D eigenvalue weighted by atomic mass is 10.1. The van der Waals surface area contributed by atoms with Gasteiger partial charge in [0.05, 0.1) is 4.91 Å². The summed E-state index contributed by atoms with van der Waals surface area (Å²) in [6, 6.07) is 9.41. The minimum atomic E-state index is -0.301. The van der Waals surface area contributed by atoms with Gasteiger partial charge in [0.15, 0.2) is 0 Å². The maximum Gasteiger partial charge on any atom is 0.293 e. The number of rotatable bonds is 7. The number of carbonyl (C=O) groups excluding carboxylic acids is 3. The first-order valence-electron chi connectivity index (χ1n) is 8.11. The highest BCUT2D eigenvalue weighted by molar-refractivity contribution is 8.18. The summed E-state index contributed by atoms with van der Waals surface area (Å²) in [5.41, 5.74) is 0.879. The third-order valence-electron chi connectivity index (χ3n) is 3.77. The molecule has 0 aliphatic carbocycles. The van der Waals surface area contributed by atoms with Gasteiger partial charge in [-0.1, -0.05) is 50.6 Å². The highest BCUT2D eigenvalue weighted by Crippen LogP contribution is 2.31. The van der Waals surface area contributed by atoms with Crippen molar-refractivity contribution in [2.24, 2.45) is 5.92 Å². The van der Waals surface area contributed by atoms with Crippen molar-refractivity contribution >= 4 is 34.9 Å². The van der Waals surface area contributed by atoms with Crippen molar-refractivity contribution in [2.75, 3.05) is 13.1 Å². The maximum absolute atomic E-state index is 12.3. The monoisotopic (exact) mass is 346 g/mol. The predicted molar refractivity (Wildman–Crippen MR) is 96.2 cm³/mol. The van der Waals surface area contributed by atoms with Gasteiger partial charge in [-0.15, -0.1) is 0 Å². The molecule has 6 heteroatoms. The molecule has 0 aromatic heterocycles. The van der Waals surface area contributed by atoms with E-state index in [1.54, 1.807) is 6.08 Å². The summed E-state index contributed by atoms with van der Waals surface area (Å²) in [5, 5.41) is 2.49. The Bertz CT molecular complexity index is 643. The quantitative estimate of drug-likeness (QED) is 0.770. The predicted octanol–water partition coefficient (Wildman–Crippen LogP) is 3.28. The van der Waals surface area contributed by atoms with Gasteiger partial charge in [0.2, 0.25) is 5.91 Å². The molecule has 1 heterocycles. The lowest BCUT2D eigenvalue weighted by Crippen LogP contribution is -2.38. The molecule has 1 fully saturated rings. The number of carbonyl (C=O) groups is 3. The van der Waals surface area contributed by atoms with E-state index in [2.05, 4.69) is 5.32 Å². The Morgan fingerprint density at radius 2 is 2.00 bits per heavy atom. The van der Waals surface area contributed by atoms with Crippen LogP contribution in [0.3, 0.4) is 0 Å². The van der Waals surface area contributed by atoms with Gasteiger partial charge >= 0.3 is 0 Å². The third kappa shape index (κ3) is 4.71. The summed E-state index contributed by atoms with van der Waals surface area (Å²) in [6.07, 6.45) is 3.49. The zero-order chi connectivity index (χ0) is 17.5. The molecular weight excluding hydrogens is 324 g/mol. The molecule has 1 N–H and O–H groups in total. The second kappa shape index (κ2) is 8.68. The molecule has 0 spiro atoms. The van der Waals surface area contributed by atoms with Crippen molar-refractivity contribution in [1.29, 1.82) is 0 Å². The first-order valence-corrected chi connectivity index (χ1v) is 8.92. The van der Waals surface area contributed by atoms with Crippen LogP contribution < -0.4 is 5.32 Å². The Morgan fingerprint density at radius 3 is 2.67 bits per heavy atom. The standard InChI is InChI=1S/C18H22N2O3S/c1-3-7-13(2)16(21)19-10-11-20-17(22)15(24-18(20)23)12-14-8-5-4-6-9-14/h4-6,8-9,12-13H,3,7,10-11H2,1-2H3,(H,19,21)/b15-12-. The van der Waals surface area contributed by atoms with Crippen molar-refractivity contribution in [3.63, 3.8) is 0 Å². The Kier molecular flexibility index (Phi) is 6.61. The van der Waals surface area contributed by atoms with Gasteiger partial charge in [0.25, 0.3) is 11.1 Å². The molecule has 1 aromatic carbocycles. The van der Waals surface area contributed by atoms with E-state index >= 15 is 0 Å². The Balaban J connectivity index is 1.90. The van der Waals surface area contributed by atoms with E-state index in [4.69, 9.17) is 0 Å². The molecule has 1 atom stereocenters. The number of hydrogen-bond acceptors (Lipinski definition) is 4. The van der Waals surface area contributed by atoms with Crippen LogP contribution in [0.25, 0.3) is 6.08 Å². The fourth-order valence-corrected chi connectivity index (χ4v) is 3.29. The van der Waals surface area contributed by atoms with Crippen molar-refractivity contribution in [1.82, 2.24) is 10.2 Å². The number of amides is 3. The Labute approximate surface area is 146 Å². The minimum absolute atomic E-state index is 0.0383. The van der Waals surface area contributed by atoms with E-state index in [1.807, 2.05) is 44.2 Å². The average Bonchev–Trinajstić information content (AvgIpc) is 2.83. The number of imide groups is 1. The summed E-state index contributed by atoms with van der Waals surface area (Å²) in [6.45, 7) is 4.38. The summed E-state index contributed by atoms with van der Waals surface area (Å²) in [4.78, 5) is 37.8. The van der Waals surface area contributed by atoms with Gasteiger partial charge in [-0.25, -0.2) is 0 Å². The Hall–Kier alpha value is -2.08. The SMILES string of the molecule is CCCC(C)C(=O)NCCN1C(=O)S/C(=C\c2ccccc2)C1=O. The molecule has 3 amide bonds. The maximum atomic E-state index is 12.3. The zero-order valence-electron chi connectivity index (χ0n) is 14.0. The molecule has 0 saturated carbocycles. The van der Waals surface area contributed by atoms with Crippen LogP contribution in [0, 0.1) is 5.92 Å². The first-order chi connectivity index (χ1) is 11.5. The molecule has 1 aliphatic heterocycles. The number of nitrogens with one attached hydrogen (secondary N) is 1. The van der Waals surface area contributed by atoms with Gasteiger partial charge < -0.3 is 5.32 Å². The van der Waals surface area contributed by atoms with Crippen LogP contribution in [-0.2, 0) is 9.59 Å². The summed E-state index contributed by atoms with van der Waals surface area (Å²) in [5.74, 6) is -0.392. The lowest BCUT2D eigenvalue weighted by Gasteiger charge is -2.15. The van der Waals surface area contributed by atoms with Crippen LogP contribution in [0.2, 0.25) is 0 Å². The van der Waals surface area contributed by atoms with Gasteiger partial charge in [-0.05, 0) is 29.8 Å². The molecule has 2 rings (SSSR count). The average molecular weight is 346 g/mol. The molecule has 1 unspecified atom stereocenters. The van der Waals surface area contributed by atoms with E-state index < -0.39 is 0 Å². The topological polar surface area (TPSA) is 66.5 Å². The number of hydrogen-bond donors (Lipinski definition) is 1. The van der Waals surface area contributed by atoms with E-state index in [9.17, 15) is 14.4 Å². The smallest absolute Gasteiger partial charge is 0.293 e. The zero-order valence-corrected chi connectivity index (χ0v) is 14.8. The molecule has 1 aliphatic rings. The van der Waals surface area contributed by atoms with Gasteiger partial charge in [0.1, 0.15) is 0 Å². The molecule has 5 nitrogen and oxygen atoms in total. The largest absolute Gasteiger partial charge is 0.354 e. The van der Waals surface area contributed by atoms with E-state index in [1.165, 1.54) is 4.90 Å². The van der Waals surface area contributed by atoms with Crippen LogP contribution in [0.4, 0.5) is 4.79 Å². The number of benzene rings is 1. The highest BCUT2D eigenvalue weighted by atomic mass is 32.2. The van der Waals surface area contributed by atoms with E-state index in [0.29, 0.717) is 4.91 Å². The van der Waals surface area contributed by atoms with Gasteiger partial charge in [-0.2, -0.15) is 0 Å². The minimum Gasteiger partial charge on any atom is -0.354 e. The highest BCUT2D eigenvalue weighted by Gasteiger charge is 2.34. The van der Waals surface area contributed by atoms with E-state index in [-0.39, 0.29) is 36.1 Å². The molecule has 1 saturated heterocycles. The van der Waals surface area contributed by atoms with E-state index in [0.717, 1.165) is 30.2 Å². The molecule has 1 aromatic rings. The lowest BCUT2D eigenvalue weighted by molar-refractivity contribution is -0.126. The fraction of sp³-hybridized carbons (Fsp3) is 0.389. The van der Waals surface area contributed by atoms with Crippen LogP contribution in [0.15, 0.2) is 35.2 Å². The van der Waals surface area contributed by atoms with Crippen LogP contribution in [-0.4, -0.2) is 35.0 Å². The van der Waals surface area contributed by atoms with Gasteiger partial charge in [-0.3, -0.25) is 19.3 Å². The van der Waals surface area contributed by atoms with Gasteiger partial charge in [0, 0.05) is 19.0 Å². The second-order valence-electron chi connectivity index (χ2n) is 5.72. The summed E-state index contributed by atoms with van der Waals surface area (Å²) < 4.78 is 0. The second-order valence-corrected chi connectivity index (χ2v) is 6.72. The van der Waals surface area contributed by atoms with Crippen molar-refractivity contribution in [3.05, 3.63) is 40.8 Å². The number of nitrogens with zero attached hydrogens (tertiary/aromatic N) is 1. The van der Waals surface area contributed by atoms with Crippen LogP contribution >= 0.6 is 11.8 Å². The first kappa shape index (κ1) is 18.3. The van der Waals surface area contributed by atoms with Crippen molar-refractivity contribution in [3.8, 4) is 0 Å². The molecule has 0 radical (unpaired) electrons. The molecular formula is C18H22N2O3S. The van der Waals surface area contributed by atoms with Crippen LogP contribution in [0.5, 0.6) is 0 Å². The Morgan fingerprint density at radius 1 is 1.29 bits per heavy atom. The third-order valence-corrected chi connectivity index (χ3v) is 4.68. The molecule has 0 bridgehead atoms. The number of thioether (sulfide) groups is 1. The molecule has 24 heavy (non-hydrogen) atoms. The van der Waals surface area contributed by atoms with Crippen molar-refractivity contribution < 1.29 is 14.4 Å². The molecule has 128 valence electrons.